The molecule has 0 amide bonds. The third-order valence-corrected chi connectivity index (χ3v) is 20.4. The van der Waals surface area contributed by atoms with Gasteiger partial charge in [0.2, 0.25) is 0 Å². The van der Waals surface area contributed by atoms with Crippen molar-refractivity contribution in [2.45, 2.75) is 432 Å². The molecule has 0 aromatic rings. The fourth-order valence-corrected chi connectivity index (χ4v) is 13.8. The zero-order valence-corrected chi connectivity index (χ0v) is 65.9. The molecule has 19 heteroatoms. The number of esters is 4. The lowest BCUT2D eigenvalue weighted by Gasteiger charge is -2.21. The van der Waals surface area contributed by atoms with Crippen molar-refractivity contribution in [3.63, 3.8) is 0 Å². The Kier molecular flexibility index (Phi) is 69.3. The molecule has 0 spiro atoms. The van der Waals surface area contributed by atoms with E-state index in [0.717, 1.165) is 108 Å². The van der Waals surface area contributed by atoms with Gasteiger partial charge in [-0.25, -0.2) is 9.13 Å². The predicted octanol–water partition coefficient (Wildman–Crippen LogP) is 23.5. The van der Waals surface area contributed by atoms with Crippen LogP contribution >= 0.6 is 15.6 Å². The first-order chi connectivity index (χ1) is 47.4. The van der Waals surface area contributed by atoms with Crippen LogP contribution in [0.25, 0.3) is 0 Å². The van der Waals surface area contributed by atoms with Gasteiger partial charge < -0.3 is 33.8 Å². The summed E-state index contributed by atoms with van der Waals surface area (Å²) >= 11 is 0. The Morgan fingerprint density at radius 3 is 0.694 bits per heavy atom. The van der Waals surface area contributed by atoms with E-state index >= 15 is 0 Å². The average Bonchev–Trinajstić information content (AvgIpc) is 0.994. The van der Waals surface area contributed by atoms with E-state index in [0.29, 0.717) is 25.7 Å². The van der Waals surface area contributed by atoms with E-state index in [2.05, 4.69) is 41.5 Å². The molecular weight excluding hydrogens is 1280 g/mol. The normalized spacial score (nSPS) is 13.9. The quantitative estimate of drug-likeness (QED) is 0.0222. The second-order valence-corrected chi connectivity index (χ2v) is 32.3. The van der Waals surface area contributed by atoms with E-state index in [4.69, 9.17) is 37.0 Å². The van der Waals surface area contributed by atoms with Gasteiger partial charge in [0.1, 0.15) is 19.3 Å². The maximum Gasteiger partial charge on any atom is 0.472 e. The smallest absolute Gasteiger partial charge is 0.462 e. The summed E-state index contributed by atoms with van der Waals surface area (Å²) in [6, 6.07) is 0. The second-order valence-electron chi connectivity index (χ2n) is 29.4. The number of carbonyl (C=O) groups is 4. The van der Waals surface area contributed by atoms with Crippen LogP contribution in [0.2, 0.25) is 0 Å². The molecule has 0 aromatic heterocycles. The molecule has 0 aliphatic rings. The molecule has 0 heterocycles. The lowest BCUT2D eigenvalue weighted by molar-refractivity contribution is -0.161. The molecule has 0 aliphatic carbocycles. The molecule has 0 aliphatic heterocycles. The van der Waals surface area contributed by atoms with Crippen LogP contribution in [0.1, 0.15) is 414 Å². The maximum absolute atomic E-state index is 13.1. The van der Waals surface area contributed by atoms with E-state index in [1.54, 1.807) is 0 Å². The first kappa shape index (κ1) is 96.1. The zero-order chi connectivity index (χ0) is 72.1. The summed E-state index contributed by atoms with van der Waals surface area (Å²) in [6.45, 7) is 9.61. The highest BCUT2D eigenvalue weighted by molar-refractivity contribution is 7.47. The van der Waals surface area contributed by atoms with Crippen molar-refractivity contribution in [3.8, 4) is 0 Å². The molecule has 0 rings (SSSR count). The molecule has 0 bridgehead atoms. The number of hydrogen-bond donors (Lipinski definition) is 3. The number of unbranched alkanes of at least 4 members (excludes halogenated alkanes) is 48. The van der Waals surface area contributed by atoms with Crippen molar-refractivity contribution in [2.24, 2.45) is 11.8 Å². The molecule has 582 valence electrons. The number of phosphoric acid groups is 2. The van der Waals surface area contributed by atoms with Crippen LogP contribution in [-0.2, 0) is 65.4 Å². The van der Waals surface area contributed by atoms with Crippen LogP contribution in [0.5, 0.6) is 0 Å². The van der Waals surface area contributed by atoms with Crippen LogP contribution < -0.4 is 0 Å². The number of ether oxygens (including phenoxy) is 4. The number of aliphatic hydroxyl groups is 1. The first-order valence-electron chi connectivity index (χ1n) is 41.0. The second kappa shape index (κ2) is 70.7. The molecular formula is C79H154O17P2. The Balaban J connectivity index is 5.20. The molecule has 0 saturated carbocycles. The number of carbonyl (C=O) groups excluding carboxylic acids is 4. The fourth-order valence-electron chi connectivity index (χ4n) is 12.2. The predicted molar refractivity (Wildman–Crippen MR) is 400 cm³/mol. The minimum atomic E-state index is -4.96. The molecule has 0 aromatic carbocycles. The van der Waals surface area contributed by atoms with Gasteiger partial charge in [0.15, 0.2) is 12.2 Å². The highest BCUT2D eigenvalue weighted by atomic mass is 31.2. The van der Waals surface area contributed by atoms with Gasteiger partial charge in [-0.05, 0) is 37.5 Å². The topological polar surface area (TPSA) is 237 Å². The summed E-state index contributed by atoms with van der Waals surface area (Å²) in [4.78, 5) is 72.8. The van der Waals surface area contributed by atoms with Gasteiger partial charge >= 0.3 is 39.5 Å². The Morgan fingerprint density at radius 1 is 0.276 bits per heavy atom. The van der Waals surface area contributed by atoms with Gasteiger partial charge in [0, 0.05) is 25.7 Å². The Hall–Kier alpha value is -1.94. The molecule has 0 saturated heterocycles. The van der Waals surface area contributed by atoms with E-state index in [-0.39, 0.29) is 25.7 Å². The van der Waals surface area contributed by atoms with Crippen molar-refractivity contribution in [2.75, 3.05) is 39.6 Å². The summed E-state index contributed by atoms with van der Waals surface area (Å²) in [6.07, 6.45) is 59.8. The molecule has 0 radical (unpaired) electrons. The SMILES string of the molecule is CCCCCCCCCCCCCCCCCCCCCC(=O)O[C@H](COC(=O)CCCCCCCCCCCCCCCCCC(C)C)COP(=O)(O)OC[C@@H](O)COP(=O)(O)OC[C@@H](COC(=O)CCCCCCCCCC)OC(=O)CCCCCCCCCCCCC(C)C. The summed E-state index contributed by atoms with van der Waals surface area (Å²) in [5.74, 6) is -0.555. The van der Waals surface area contributed by atoms with Gasteiger partial charge in [0.05, 0.1) is 26.4 Å². The van der Waals surface area contributed by atoms with Crippen LogP contribution in [0, 0.1) is 11.8 Å². The van der Waals surface area contributed by atoms with E-state index < -0.39 is 97.5 Å². The van der Waals surface area contributed by atoms with Gasteiger partial charge in [0.25, 0.3) is 0 Å². The third-order valence-electron chi connectivity index (χ3n) is 18.5. The Bertz CT molecular complexity index is 1890. The first-order valence-corrected chi connectivity index (χ1v) is 44.0. The summed E-state index contributed by atoms with van der Waals surface area (Å²) in [7, 11) is -9.91. The minimum absolute atomic E-state index is 0.106. The Labute approximate surface area is 600 Å². The fraction of sp³-hybridized carbons (Fsp3) is 0.949. The number of rotatable bonds is 78. The van der Waals surface area contributed by atoms with Crippen molar-refractivity contribution in [1.82, 2.24) is 0 Å². The lowest BCUT2D eigenvalue weighted by Crippen LogP contribution is -2.30. The molecule has 98 heavy (non-hydrogen) atoms. The van der Waals surface area contributed by atoms with Gasteiger partial charge in [-0.2, -0.15) is 0 Å². The highest BCUT2D eigenvalue weighted by Crippen LogP contribution is 2.45. The standard InChI is InChI=1S/C79H154O17P2/c1-7-9-11-13-15-17-18-19-20-21-22-23-26-30-33-39-45-51-57-63-78(83)96-75(68-90-77(82)62-56-50-44-38-32-29-27-24-25-28-31-36-41-47-53-59-71(3)4)70-94-98(87,88)92-66-73(80)65-91-97(85,86)93-69-74(67-89-76(81)61-55-49-43-16-14-12-10-8-2)95-79(84)64-58-52-46-40-35-34-37-42-48-54-60-72(5)6/h71-75,80H,7-70H2,1-6H3,(H,85,86)(H,87,88)/t73-,74+,75+/m0/s1. The van der Waals surface area contributed by atoms with E-state index in [1.165, 1.54) is 225 Å². The molecule has 2 unspecified atom stereocenters. The zero-order valence-electron chi connectivity index (χ0n) is 64.1. The van der Waals surface area contributed by atoms with E-state index in [1.807, 2.05) is 0 Å². The van der Waals surface area contributed by atoms with Crippen molar-refractivity contribution in [3.05, 3.63) is 0 Å². The number of aliphatic hydroxyl groups excluding tert-OH is 1. The Morgan fingerprint density at radius 2 is 0.469 bits per heavy atom. The van der Waals surface area contributed by atoms with E-state index in [9.17, 15) is 43.2 Å². The summed E-state index contributed by atoms with van der Waals surface area (Å²) in [5, 5.41) is 10.6. The monoisotopic (exact) mass is 1440 g/mol. The largest absolute Gasteiger partial charge is 0.472 e. The molecule has 17 nitrogen and oxygen atoms in total. The lowest BCUT2D eigenvalue weighted by atomic mass is 10.0. The minimum Gasteiger partial charge on any atom is -0.462 e. The number of phosphoric ester groups is 2. The van der Waals surface area contributed by atoms with Crippen molar-refractivity contribution < 1.29 is 80.2 Å². The van der Waals surface area contributed by atoms with Crippen LogP contribution in [-0.4, -0.2) is 96.7 Å². The molecule has 5 atom stereocenters. The third kappa shape index (κ3) is 72.4. The summed E-state index contributed by atoms with van der Waals surface area (Å²) < 4.78 is 68.6. The van der Waals surface area contributed by atoms with Crippen LogP contribution in [0.3, 0.4) is 0 Å². The molecule has 0 fully saturated rings. The van der Waals surface area contributed by atoms with Crippen LogP contribution in [0.15, 0.2) is 0 Å². The van der Waals surface area contributed by atoms with Crippen molar-refractivity contribution in [1.29, 1.82) is 0 Å². The van der Waals surface area contributed by atoms with Crippen molar-refractivity contribution >= 4 is 39.5 Å². The maximum atomic E-state index is 13.1. The summed E-state index contributed by atoms with van der Waals surface area (Å²) in [5.41, 5.74) is 0. The van der Waals surface area contributed by atoms with Gasteiger partial charge in [-0.1, -0.05) is 363 Å². The number of hydrogen-bond acceptors (Lipinski definition) is 15. The highest BCUT2D eigenvalue weighted by Gasteiger charge is 2.30. The van der Waals surface area contributed by atoms with Crippen LogP contribution in [0.4, 0.5) is 0 Å². The van der Waals surface area contributed by atoms with Gasteiger partial charge in [-0.15, -0.1) is 0 Å². The average molecular weight is 1440 g/mol. The molecule has 3 N–H and O–H groups in total. The van der Waals surface area contributed by atoms with Gasteiger partial charge in [-0.3, -0.25) is 37.3 Å².